The minimum atomic E-state index is -0.494. The van der Waals surface area contributed by atoms with Crippen molar-refractivity contribution in [2.75, 3.05) is 5.73 Å². The summed E-state index contributed by atoms with van der Waals surface area (Å²) in [5.41, 5.74) is 5.46. The molecule has 1 aromatic carbocycles. The summed E-state index contributed by atoms with van der Waals surface area (Å²) in [6.45, 7) is 5.49. The highest BCUT2D eigenvalue weighted by atomic mass is 19.1. The Kier molecular flexibility index (Phi) is 4.33. The van der Waals surface area contributed by atoms with Gasteiger partial charge in [0.2, 0.25) is 0 Å². The van der Waals surface area contributed by atoms with Crippen LogP contribution in [0.2, 0.25) is 0 Å². The van der Waals surface area contributed by atoms with Crippen molar-refractivity contribution in [1.82, 2.24) is 0 Å². The molecule has 0 saturated carbocycles. The third-order valence-electron chi connectivity index (χ3n) is 1.86. The van der Waals surface area contributed by atoms with Crippen LogP contribution in [0.1, 0.15) is 6.92 Å². The molecule has 0 aliphatic carbocycles. The molecule has 0 aliphatic rings. The van der Waals surface area contributed by atoms with Crippen LogP contribution in [0.25, 0.3) is 0 Å². The normalized spacial score (nSPS) is 11.8. The monoisotopic (exact) mass is 219 g/mol. The van der Waals surface area contributed by atoms with Gasteiger partial charge < -0.3 is 10.5 Å². The highest BCUT2D eigenvalue weighted by molar-refractivity contribution is 5.44. The number of nitrogen functional groups attached to an aromatic ring is 1. The van der Waals surface area contributed by atoms with Crippen molar-refractivity contribution in [2.45, 2.75) is 6.92 Å². The van der Waals surface area contributed by atoms with Gasteiger partial charge in [0.1, 0.15) is 17.3 Å². The van der Waals surface area contributed by atoms with Gasteiger partial charge in [0.25, 0.3) is 0 Å². The zero-order chi connectivity index (χ0) is 12.0. The third kappa shape index (κ3) is 3.28. The molecule has 0 saturated heterocycles. The van der Waals surface area contributed by atoms with Crippen LogP contribution in [0.15, 0.2) is 54.8 Å². The van der Waals surface area contributed by atoms with E-state index in [0.29, 0.717) is 11.5 Å². The molecule has 0 aliphatic heterocycles. The number of rotatable bonds is 4. The highest BCUT2D eigenvalue weighted by Crippen LogP contribution is 2.20. The molecule has 1 rings (SSSR count). The second-order valence-electron chi connectivity index (χ2n) is 3.08. The van der Waals surface area contributed by atoms with E-state index in [-0.39, 0.29) is 5.69 Å². The first-order valence-electron chi connectivity index (χ1n) is 4.85. The molecule has 1 aromatic rings. The Morgan fingerprint density at radius 3 is 2.81 bits per heavy atom. The molecule has 16 heavy (non-hydrogen) atoms. The molecule has 3 heteroatoms. The first kappa shape index (κ1) is 12.0. The molecule has 0 amide bonds. The number of anilines is 1. The predicted molar refractivity (Wildman–Crippen MR) is 64.5 cm³/mol. The van der Waals surface area contributed by atoms with E-state index in [9.17, 15) is 4.39 Å². The van der Waals surface area contributed by atoms with Gasteiger partial charge >= 0.3 is 0 Å². The molecule has 84 valence electrons. The maximum atomic E-state index is 13.1. The molecule has 0 radical (unpaired) electrons. The number of halogens is 1. The van der Waals surface area contributed by atoms with Crippen molar-refractivity contribution in [2.24, 2.45) is 0 Å². The van der Waals surface area contributed by atoms with Crippen molar-refractivity contribution >= 4 is 5.69 Å². The molecule has 0 fully saturated rings. The molecule has 0 spiro atoms. The quantitative estimate of drug-likeness (QED) is 0.478. The van der Waals surface area contributed by atoms with Crippen LogP contribution < -0.4 is 10.5 Å². The molecular weight excluding hydrogens is 205 g/mol. The maximum Gasteiger partial charge on any atom is 0.149 e. The van der Waals surface area contributed by atoms with Crippen LogP contribution in [0.4, 0.5) is 10.1 Å². The molecule has 2 N–H and O–H groups in total. The Morgan fingerprint density at radius 2 is 2.25 bits per heavy atom. The Balaban J connectivity index is 2.86. The molecule has 0 aromatic heterocycles. The summed E-state index contributed by atoms with van der Waals surface area (Å²) in [5.74, 6) is 0.441. The summed E-state index contributed by atoms with van der Waals surface area (Å²) >= 11 is 0. The van der Waals surface area contributed by atoms with Crippen molar-refractivity contribution in [3.05, 3.63) is 60.7 Å². The Bertz CT molecular complexity index is 436. The fraction of sp³-hybridized carbons (Fsp3) is 0.0769. The Morgan fingerprint density at radius 1 is 1.50 bits per heavy atom. The van der Waals surface area contributed by atoms with Gasteiger partial charge in [0.15, 0.2) is 0 Å². The largest absolute Gasteiger partial charge is 0.457 e. The number of allylic oxidation sites excluding steroid dienone is 4. The second kappa shape index (κ2) is 5.75. The highest BCUT2D eigenvalue weighted by Gasteiger charge is 2.01. The summed E-state index contributed by atoms with van der Waals surface area (Å²) < 4.78 is 18.5. The van der Waals surface area contributed by atoms with Gasteiger partial charge in [-0.2, -0.15) is 0 Å². The number of nitrogens with two attached hydrogens (primary N) is 1. The molecule has 2 nitrogen and oxygen atoms in total. The summed E-state index contributed by atoms with van der Waals surface area (Å²) in [4.78, 5) is 0. The van der Waals surface area contributed by atoms with Gasteiger partial charge in [-0.05, 0) is 31.2 Å². The van der Waals surface area contributed by atoms with Crippen LogP contribution in [0.3, 0.4) is 0 Å². The van der Waals surface area contributed by atoms with E-state index in [0.717, 1.165) is 0 Å². The van der Waals surface area contributed by atoms with Gasteiger partial charge in [-0.3, -0.25) is 0 Å². The summed E-state index contributed by atoms with van der Waals surface area (Å²) in [7, 11) is 0. The van der Waals surface area contributed by atoms with E-state index >= 15 is 0 Å². The average molecular weight is 219 g/mol. The lowest BCUT2D eigenvalue weighted by Crippen LogP contribution is -1.94. The van der Waals surface area contributed by atoms with Gasteiger partial charge in [0, 0.05) is 6.07 Å². The predicted octanol–water partition coefficient (Wildman–Crippen LogP) is 3.43. The molecular formula is C13H14FNO. The smallest absolute Gasteiger partial charge is 0.149 e. The minimum absolute atomic E-state index is 0.102. The maximum absolute atomic E-state index is 13.1. The average Bonchev–Trinajstić information content (AvgIpc) is 2.29. The zero-order valence-electron chi connectivity index (χ0n) is 9.11. The van der Waals surface area contributed by atoms with Gasteiger partial charge in [0.05, 0.1) is 5.69 Å². The fourth-order valence-electron chi connectivity index (χ4n) is 1.04. The molecule has 0 unspecified atom stereocenters. The minimum Gasteiger partial charge on any atom is -0.457 e. The first-order valence-corrected chi connectivity index (χ1v) is 4.85. The Labute approximate surface area is 94.5 Å². The lowest BCUT2D eigenvalue weighted by atomic mass is 10.3. The van der Waals surface area contributed by atoms with E-state index in [2.05, 4.69) is 6.58 Å². The molecule has 0 atom stereocenters. The lowest BCUT2D eigenvalue weighted by molar-refractivity contribution is 0.441. The van der Waals surface area contributed by atoms with E-state index in [4.69, 9.17) is 10.5 Å². The van der Waals surface area contributed by atoms with Crippen molar-refractivity contribution < 1.29 is 9.13 Å². The summed E-state index contributed by atoms with van der Waals surface area (Å²) in [5, 5.41) is 0. The van der Waals surface area contributed by atoms with E-state index in [1.165, 1.54) is 12.1 Å². The molecule has 0 bridgehead atoms. The standard InChI is InChI=1S/C13H14FNO/c1-3-5-6-10(4-2)16-11-7-8-13(15)12(14)9-11/h3-9H,2,15H2,1H3/b5-3-,10-6+. The van der Waals surface area contributed by atoms with Crippen LogP contribution >= 0.6 is 0 Å². The van der Waals surface area contributed by atoms with Gasteiger partial charge in [-0.1, -0.05) is 18.7 Å². The van der Waals surface area contributed by atoms with Crippen LogP contribution in [0.5, 0.6) is 5.75 Å². The fourth-order valence-corrected chi connectivity index (χ4v) is 1.04. The van der Waals surface area contributed by atoms with Gasteiger partial charge in [-0.15, -0.1) is 0 Å². The number of hydrogen-bond donors (Lipinski definition) is 1. The SMILES string of the molecule is C=C/C(=C\C=C/C)Oc1ccc(N)c(F)c1. The zero-order valence-corrected chi connectivity index (χ0v) is 9.11. The van der Waals surface area contributed by atoms with Crippen LogP contribution in [0, 0.1) is 5.82 Å². The van der Waals surface area contributed by atoms with E-state index in [1.54, 1.807) is 18.2 Å². The summed E-state index contributed by atoms with van der Waals surface area (Å²) in [6, 6.07) is 4.30. The topological polar surface area (TPSA) is 35.2 Å². The van der Waals surface area contributed by atoms with Gasteiger partial charge in [-0.25, -0.2) is 4.39 Å². The van der Waals surface area contributed by atoms with E-state index < -0.39 is 5.82 Å². The van der Waals surface area contributed by atoms with Crippen molar-refractivity contribution in [3.63, 3.8) is 0 Å². The lowest BCUT2D eigenvalue weighted by Gasteiger charge is -2.06. The van der Waals surface area contributed by atoms with Crippen molar-refractivity contribution in [1.29, 1.82) is 0 Å². The number of hydrogen-bond acceptors (Lipinski definition) is 2. The van der Waals surface area contributed by atoms with Crippen LogP contribution in [-0.2, 0) is 0 Å². The van der Waals surface area contributed by atoms with Crippen LogP contribution in [-0.4, -0.2) is 0 Å². The molecule has 0 heterocycles. The third-order valence-corrected chi connectivity index (χ3v) is 1.86. The first-order chi connectivity index (χ1) is 7.67. The summed E-state index contributed by atoms with van der Waals surface area (Å²) in [6.07, 6.45) is 6.95. The van der Waals surface area contributed by atoms with Crippen molar-refractivity contribution in [3.8, 4) is 5.75 Å². The Hall–Kier alpha value is -2.03. The second-order valence-corrected chi connectivity index (χ2v) is 3.08. The number of benzene rings is 1. The number of ether oxygens (including phenoxy) is 1. The van der Waals surface area contributed by atoms with E-state index in [1.807, 2.05) is 19.1 Å².